The van der Waals surface area contributed by atoms with Crippen LogP contribution in [0.1, 0.15) is 16.7 Å². The van der Waals surface area contributed by atoms with Gasteiger partial charge in [-0.3, -0.25) is 0 Å². The van der Waals surface area contributed by atoms with E-state index in [1.54, 1.807) is 26.4 Å². The van der Waals surface area contributed by atoms with E-state index in [0.29, 0.717) is 35.4 Å². The van der Waals surface area contributed by atoms with Gasteiger partial charge in [0.05, 0.1) is 0 Å². The van der Waals surface area contributed by atoms with E-state index >= 15 is 0 Å². The van der Waals surface area contributed by atoms with Gasteiger partial charge in [-0.25, -0.2) is 0 Å². The van der Waals surface area contributed by atoms with E-state index < -0.39 is 40.5 Å². The molecule has 0 atom stereocenters. The van der Waals surface area contributed by atoms with E-state index in [0.717, 1.165) is 48.6 Å². The zero-order valence-electron chi connectivity index (χ0n) is 33.7. The van der Waals surface area contributed by atoms with Crippen molar-refractivity contribution in [3.8, 4) is 22.6 Å². The van der Waals surface area contributed by atoms with Gasteiger partial charge in [-0.2, -0.15) is 0 Å². The molecular formula is C50H38BrF6N2O3P. The van der Waals surface area contributed by atoms with Gasteiger partial charge in [-0.1, -0.05) is 0 Å². The molecule has 8 rings (SSSR count). The molecule has 0 aliphatic carbocycles. The molecule has 8 aromatic rings. The molecule has 2 amide bonds. The molecule has 0 saturated heterocycles. The van der Waals surface area contributed by atoms with Crippen molar-refractivity contribution >= 4 is 75.7 Å². The molecule has 63 heavy (non-hydrogen) atoms. The Morgan fingerprint density at radius 1 is 0.556 bits per heavy atom. The van der Waals surface area contributed by atoms with Gasteiger partial charge in [-0.05, 0) is 0 Å². The molecule has 5 nitrogen and oxygen atoms in total. The maximum absolute atomic E-state index is 14.0. The fourth-order valence-corrected chi connectivity index (χ4v) is 16.4. The van der Waals surface area contributed by atoms with E-state index in [-0.39, 0.29) is 11.8 Å². The average Bonchev–Trinajstić information content (AvgIpc) is 3.28. The zero-order valence-corrected chi connectivity index (χ0v) is 36.2. The minimum atomic E-state index is -5.11. The standard InChI is InChI=1S/C50H38BrF6N2O3P/c1-61-38-25-32(26-39(30-38)62-2)31-63(51,40-15-5-3-6-16-40,41-17-7-4-8-18-41)45-24-22-34-14-10-12-20-43(34)47(45)46-42-19-11-9-13-33(42)21-23-44(46)59-48(60)58-37-28-35(49(52,53)54)27-36(29-37)50(55,56)57/h3-30H,31H2,1-2H3,(H2,58,59,60). The SMILES string of the molecule is COc1cc(CP(Br)(c2ccccc2)(c2ccccc2)c2ccc3ccccc3c2-c2c(NC(=O)Nc3cc(C(F)(F)F)cc(C(F)(F)F)c3)ccc3ccccc23)cc(OC)c1. The third kappa shape index (κ3) is 8.21. The number of amides is 2. The minimum absolute atomic E-state index is 0.0136. The number of carbonyl (C=O) groups is 1. The van der Waals surface area contributed by atoms with Crippen LogP contribution in [0.4, 0.5) is 42.5 Å². The van der Waals surface area contributed by atoms with E-state index in [2.05, 4.69) is 62.5 Å². The Morgan fingerprint density at radius 2 is 1.03 bits per heavy atom. The number of hydrogen-bond donors (Lipinski definition) is 2. The molecule has 0 heterocycles. The fourth-order valence-electron chi connectivity index (χ4n) is 8.34. The predicted octanol–water partition coefficient (Wildman–Crippen LogP) is 13.7. The van der Waals surface area contributed by atoms with Gasteiger partial charge in [0.25, 0.3) is 0 Å². The Labute approximate surface area is 367 Å². The molecule has 2 N–H and O–H groups in total. The molecule has 13 heteroatoms. The van der Waals surface area contributed by atoms with E-state index in [9.17, 15) is 31.1 Å². The summed E-state index contributed by atoms with van der Waals surface area (Å²) < 4.78 is 94.6. The second-order valence-corrected chi connectivity index (χ2v) is 23.9. The molecule has 0 spiro atoms. The molecule has 0 fully saturated rings. The van der Waals surface area contributed by atoms with Crippen LogP contribution in [-0.2, 0) is 18.5 Å². The third-order valence-electron chi connectivity index (χ3n) is 11.2. The molecular weight excluding hydrogens is 901 g/mol. The number of ether oxygens (including phenoxy) is 2. The van der Waals surface area contributed by atoms with Crippen LogP contribution in [0, 0.1) is 0 Å². The van der Waals surface area contributed by atoms with Crippen molar-refractivity contribution in [2.75, 3.05) is 24.9 Å². The van der Waals surface area contributed by atoms with Crippen LogP contribution >= 0.6 is 20.8 Å². The molecule has 0 aliphatic heterocycles. The molecule has 0 bridgehead atoms. The number of rotatable bonds is 10. The number of halogens is 7. The average molecular weight is 940 g/mol. The third-order valence-corrected chi connectivity index (χ3v) is 20.6. The second kappa shape index (κ2) is 16.7. The van der Waals surface area contributed by atoms with Crippen LogP contribution in [0.5, 0.6) is 11.5 Å². The van der Waals surface area contributed by atoms with E-state index in [4.69, 9.17) is 9.47 Å². The molecule has 0 aromatic heterocycles. The van der Waals surface area contributed by atoms with Gasteiger partial charge in [0, 0.05) is 0 Å². The zero-order chi connectivity index (χ0) is 44.6. The topological polar surface area (TPSA) is 59.6 Å². The summed E-state index contributed by atoms with van der Waals surface area (Å²) in [5, 5.41) is 7.15. The summed E-state index contributed by atoms with van der Waals surface area (Å²) in [5.74, 6) is 1.19. The van der Waals surface area contributed by atoms with Crippen molar-refractivity contribution in [2.45, 2.75) is 18.5 Å². The van der Waals surface area contributed by atoms with Crippen molar-refractivity contribution in [1.29, 1.82) is 0 Å². The predicted molar refractivity (Wildman–Crippen MR) is 247 cm³/mol. The van der Waals surface area contributed by atoms with Crippen LogP contribution in [0.25, 0.3) is 32.7 Å². The molecule has 0 radical (unpaired) electrons. The summed E-state index contributed by atoms with van der Waals surface area (Å²) in [5.41, 5.74) is -1.32. The quantitative estimate of drug-likeness (QED) is 0.106. The van der Waals surface area contributed by atoms with Gasteiger partial charge in [0.1, 0.15) is 0 Å². The van der Waals surface area contributed by atoms with Crippen molar-refractivity contribution in [3.05, 3.63) is 187 Å². The first-order chi connectivity index (χ1) is 30.1. The number of hydrogen-bond acceptors (Lipinski definition) is 3. The van der Waals surface area contributed by atoms with Crippen molar-refractivity contribution in [1.82, 2.24) is 0 Å². The molecule has 0 unspecified atom stereocenters. The molecule has 320 valence electrons. The number of nitrogens with one attached hydrogen (secondary N) is 2. The number of benzene rings is 8. The van der Waals surface area contributed by atoms with Crippen LogP contribution in [-0.4, -0.2) is 20.3 Å². The number of fused-ring (bicyclic) bond motifs is 2. The number of methoxy groups -OCH3 is 2. The van der Waals surface area contributed by atoms with Crippen LogP contribution < -0.4 is 36.0 Å². The molecule has 0 saturated carbocycles. The molecule has 0 aliphatic rings. The van der Waals surface area contributed by atoms with Crippen LogP contribution in [0.15, 0.2) is 170 Å². The maximum atomic E-state index is 14.0. The summed E-state index contributed by atoms with van der Waals surface area (Å²) >= 11 is 4.68. The Hall–Kier alpha value is -6.36. The van der Waals surface area contributed by atoms with Gasteiger partial charge in [0.15, 0.2) is 0 Å². The van der Waals surface area contributed by atoms with Crippen LogP contribution in [0.3, 0.4) is 0 Å². The normalized spacial score (nSPS) is 12.7. The van der Waals surface area contributed by atoms with Crippen molar-refractivity contribution in [3.63, 3.8) is 0 Å². The number of alkyl halides is 6. The van der Waals surface area contributed by atoms with Crippen LogP contribution in [0.2, 0.25) is 0 Å². The Balaban J connectivity index is 1.44. The summed E-state index contributed by atoms with van der Waals surface area (Å²) in [6.45, 7) is 0. The first-order valence-corrected chi connectivity index (χ1v) is 24.0. The van der Waals surface area contributed by atoms with Crippen molar-refractivity contribution < 1.29 is 40.6 Å². The molecule has 8 aromatic carbocycles. The monoisotopic (exact) mass is 938 g/mol. The van der Waals surface area contributed by atoms with Gasteiger partial charge >= 0.3 is 369 Å². The summed E-state index contributed by atoms with van der Waals surface area (Å²) in [7, 11) is 3.19. The van der Waals surface area contributed by atoms with Gasteiger partial charge < -0.3 is 0 Å². The second-order valence-electron chi connectivity index (χ2n) is 15.0. The Kier molecular flexibility index (Phi) is 11.5. The number of anilines is 2. The number of carbonyl (C=O) groups excluding carboxylic acids is 1. The van der Waals surface area contributed by atoms with E-state index in [1.165, 1.54) is 0 Å². The number of urea groups is 1. The summed E-state index contributed by atoms with van der Waals surface area (Å²) in [6.07, 6.45) is -9.82. The first-order valence-electron chi connectivity index (χ1n) is 19.6. The van der Waals surface area contributed by atoms with Crippen molar-refractivity contribution in [2.24, 2.45) is 0 Å². The van der Waals surface area contributed by atoms with Gasteiger partial charge in [0.2, 0.25) is 0 Å². The Morgan fingerprint density at radius 3 is 1.54 bits per heavy atom. The fraction of sp³-hybridized carbons (Fsp3) is 0.100. The summed E-state index contributed by atoms with van der Waals surface area (Å²) in [6, 6.07) is 49.0. The first kappa shape index (κ1) is 43.3. The summed E-state index contributed by atoms with van der Waals surface area (Å²) in [4.78, 5) is 14.0. The Bertz CT molecular complexity index is 2910. The van der Waals surface area contributed by atoms with E-state index in [1.807, 2.05) is 103 Å². The van der Waals surface area contributed by atoms with Gasteiger partial charge in [-0.15, -0.1) is 0 Å².